The standard InChI is InChI=1S/C11H11ClN2/c12-11-5-8(6-13)1-2-9(11)7-14-10-3-4-10/h1-2,5,10,14H,3-4,7H2. The summed E-state index contributed by atoms with van der Waals surface area (Å²) in [4.78, 5) is 0. The van der Waals surface area contributed by atoms with Crippen LogP contribution < -0.4 is 5.32 Å². The minimum absolute atomic E-state index is 0.616. The molecule has 0 bridgehead atoms. The molecule has 0 aliphatic heterocycles. The van der Waals surface area contributed by atoms with E-state index in [9.17, 15) is 0 Å². The van der Waals surface area contributed by atoms with Crippen molar-refractivity contribution in [1.82, 2.24) is 5.32 Å². The highest BCUT2D eigenvalue weighted by Gasteiger charge is 2.20. The second-order valence-corrected chi connectivity index (χ2v) is 3.98. The molecule has 14 heavy (non-hydrogen) atoms. The smallest absolute Gasteiger partial charge is 0.0992 e. The molecule has 0 aromatic heterocycles. The minimum Gasteiger partial charge on any atom is -0.310 e. The Morgan fingerprint density at radius 3 is 2.86 bits per heavy atom. The van der Waals surface area contributed by atoms with Gasteiger partial charge in [0.2, 0.25) is 0 Å². The zero-order chi connectivity index (χ0) is 9.97. The van der Waals surface area contributed by atoms with E-state index >= 15 is 0 Å². The second kappa shape index (κ2) is 4.00. The predicted octanol–water partition coefficient (Wildman–Crippen LogP) is 2.46. The molecule has 0 amide bonds. The normalized spacial score (nSPS) is 15.1. The van der Waals surface area contributed by atoms with Crippen molar-refractivity contribution in [2.45, 2.75) is 25.4 Å². The molecule has 0 radical (unpaired) electrons. The summed E-state index contributed by atoms with van der Waals surface area (Å²) in [5.74, 6) is 0. The van der Waals surface area contributed by atoms with Gasteiger partial charge in [0, 0.05) is 17.6 Å². The van der Waals surface area contributed by atoms with Crippen LogP contribution in [-0.4, -0.2) is 6.04 Å². The zero-order valence-corrected chi connectivity index (χ0v) is 8.51. The van der Waals surface area contributed by atoms with Gasteiger partial charge in [0.15, 0.2) is 0 Å². The van der Waals surface area contributed by atoms with E-state index in [1.807, 2.05) is 6.07 Å². The van der Waals surface area contributed by atoms with Gasteiger partial charge in [-0.2, -0.15) is 5.26 Å². The average Bonchev–Trinajstić information content (AvgIpc) is 2.99. The topological polar surface area (TPSA) is 35.8 Å². The number of benzene rings is 1. The molecule has 1 aromatic rings. The lowest BCUT2D eigenvalue weighted by Gasteiger charge is -2.05. The molecule has 1 N–H and O–H groups in total. The first-order valence-electron chi connectivity index (χ1n) is 4.71. The summed E-state index contributed by atoms with van der Waals surface area (Å²) in [6.45, 7) is 0.801. The maximum Gasteiger partial charge on any atom is 0.0992 e. The van der Waals surface area contributed by atoms with Gasteiger partial charge in [0.25, 0.3) is 0 Å². The fourth-order valence-electron chi connectivity index (χ4n) is 1.30. The highest BCUT2D eigenvalue weighted by atomic mass is 35.5. The summed E-state index contributed by atoms with van der Waals surface area (Å²) in [6, 6.07) is 8.18. The third kappa shape index (κ3) is 2.25. The van der Waals surface area contributed by atoms with Crippen molar-refractivity contribution >= 4 is 11.6 Å². The maximum absolute atomic E-state index is 8.66. The van der Waals surface area contributed by atoms with E-state index in [0.717, 1.165) is 12.1 Å². The lowest BCUT2D eigenvalue weighted by atomic mass is 10.1. The molecule has 0 heterocycles. The van der Waals surface area contributed by atoms with Crippen molar-refractivity contribution in [2.75, 3.05) is 0 Å². The van der Waals surface area contributed by atoms with Gasteiger partial charge in [-0.15, -0.1) is 0 Å². The number of hydrogen-bond acceptors (Lipinski definition) is 2. The number of hydrogen-bond donors (Lipinski definition) is 1. The Balaban J connectivity index is 2.05. The van der Waals surface area contributed by atoms with Gasteiger partial charge in [-0.25, -0.2) is 0 Å². The van der Waals surface area contributed by atoms with Crippen molar-refractivity contribution in [1.29, 1.82) is 5.26 Å². The molecule has 3 heteroatoms. The van der Waals surface area contributed by atoms with E-state index < -0.39 is 0 Å². The number of nitriles is 1. The minimum atomic E-state index is 0.616. The molecule has 1 aliphatic carbocycles. The summed E-state index contributed by atoms with van der Waals surface area (Å²) in [6.07, 6.45) is 2.54. The highest BCUT2D eigenvalue weighted by Crippen LogP contribution is 2.22. The number of halogens is 1. The first-order chi connectivity index (χ1) is 6.79. The molecule has 1 aliphatic rings. The van der Waals surface area contributed by atoms with E-state index in [1.165, 1.54) is 12.8 Å². The molecule has 0 spiro atoms. The zero-order valence-electron chi connectivity index (χ0n) is 7.76. The summed E-state index contributed by atoms with van der Waals surface area (Å²) in [5, 5.41) is 12.7. The Bertz CT molecular complexity index is 377. The van der Waals surface area contributed by atoms with Crippen LogP contribution in [-0.2, 0) is 6.54 Å². The third-order valence-electron chi connectivity index (χ3n) is 2.34. The third-order valence-corrected chi connectivity index (χ3v) is 2.69. The number of nitrogens with zero attached hydrogens (tertiary/aromatic N) is 1. The SMILES string of the molecule is N#Cc1ccc(CNC2CC2)c(Cl)c1. The van der Waals surface area contributed by atoms with Gasteiger partial charge in [-0.3, -0.25) is 0 Å². The summed E-state index contributed by atoms with van der Waals surface area (Å²) in [7, 11) is 0. The van der Waals surface area contributed by atoms with Gasteiger partial charge in [0.1, 0.15) is 0 Å². The van der Waals surface area contributed by atoms with Crippen molar-refractivity contribution in [3.05, 3.63) is 34.3 Å². The molecule has 2 rings (SSSR count). The Morgan fingerprint density at radius 2 is 2.29 bits per heavy atom. The maximum atomic E-state index is 8.66. The first kappa shape index (κ1) is 9.51. The van der Waals surface area contributed by atoms with E-state index in [-0.39, 0.29) is 0 Å². The fourth-order valence-corrected chi connectivity index (χ4v) is 1.55. The summed E-state index contributed by atoms with van der Waals surface area (Å²) in [5.41, 5.74) is 1.68. The Labute approximate surface area is 88.5 Å². The van der Waals surface area contributed by atoms with Crippen LogP contribution in [0.15, 0.2) is 18.2 Å². The van der Waals surface area contributed by atoms with Crippen molar-refractivity contribution in [3.63, 3.8) is 0 Å². The Hall–Kier alpha value is -1.04. The quantitative estimate of drug-likeness (QED) is 0.825. The molecular weight excluding hydrogens is 196 g/mol. The van der Waals surface area contributed by atoms with Crippen LogP contribution >= 0.6 is 11.6 Å². The lowest BCUT2D eigenvalue weighted by molar-refractivity contribution is 0.688. The van der Waals surface area contributed by atoms with Crippen LogP contribution in [0.25, 0.3) is 0 Å². The molecule has 1 aromatic carbocycles. The van der Waals surface area contributed by atoms with Gasteiger partial charge in [-0.1, -0.05) is 17.7 Å². The average molecular weight is 207 g/mol. The number of nitrogens with one attached hydrogen (secondary N) is 1. The van der Waals surface area contributed by atoms with E-state index in [0.29, 0.717) is 16.6 Å². The van der Waals surface area contributed by atoms with Crippen LogP contribution in [0.5, 0.6) is 0 Å². The van der Waals surface area contributed by atoms with Gasteiger partial charge < -0.3 is 5.32 Å². The van der Waals surface area contributed by atoms with E-state index in [1.54, 1.807) is 12.1 Å². The Morgan fingerprint density at radius 1 is 1.50 bits per heavy atom. The molecule has 0 unspecified atom stereocenters. The van der Waals surface area contributed by atoms with Gasteiger partial charge in [-0.05, 0) is 30.5 Å². The van der Waals surface area contributed by atoms with Gasteiger partial charge >= 0.3 is 0 Å². The Kier molecular flexibility index (Phi) is 2.72. The van der Waals surface area contributed by atoms with E-state index in [4.69, 9.17) is 16.9 Å². The molecule has 1 fully saturated rings. The highest BCUT2D eigenvalue weighted by molar-refractivity contribution is 6.31. The lowest BCUT2D eigenvalue weighted by Crippen LogP contribution is -2.15. The van der Waals surface area contributed by atoms with Crippen LogP contribution in [0.1, 0.15) is 24.0 Å². The molecule has 0 saturated heterocycles. The number of rotatable bonds is 3. The van der Waals surface area contributed by atoms with Crippen molar-refractivity contribution < 1.29 is 0 Å². The van der Waals surface area contributed by atoms with Crippen LogP contribution in [0.3, 0.4) is 0 Å². The van der Waals surface area contributed by atoms with Crippen LogP contribution in [0.2, 0.25) is 5.02 Å². The summed E-state index contributed by atoms with van der Waals surface area (Å²) < 4.78 is 0. The van der Waals surface area contributed by atoms with Gasteiger partial charge in [0.05, 0.1) is 11.6 Å². The first-order valence-corrected chi connectivity index (χ1v) is 5.09. The molecular formula is C11H11ClN2. The van der Waals surface area contributed by atoms with E-state index in [2.05, 4.69) is 11.4 Å². The predicted molar refractivity (Wildman–Crippen MR) is 56.0 cm³/mol. The largest absolute Gasteiger partial charge is 0.310 e. The van der Waals surface area contributed by atoms with Crippen molar-refractivity contribution in [2.24, 2.45) is 0 Å². The molecule has 72 valence electrons. The molecule has 2 nitrogen and oxygen atoms in total. The van der Waals surface area contributed by atoms with Crippen molar-refractivity contribution in [3.8, 4) is 6.07 Å². The summed E-state index contributed by atoms with van der Waals surface area (Å²) >= 11 is 6.02. The molecule has 1 saturated carbocycles. The second-order valence-electron chi connectivity index (χ2n) is 3.57. The fraction of sp³-hybridized carbons (Fsp3) is 0.364. The van der Waals surface area contributed by atoms with Crippen LogP contribution in [0.4, 0.5) is 0 Å². The van der Waals surface area contributed by atoms with Crippen LogP contribution in [0, 0.1) is 11.3 Å². The molecule has 0 atom stereocenters. The monoisotopic (exact) mass is 206 g/mol.